The van der Waals surface area contributed by atoms with E-state index in [4.69, 9.17) is 21.1 Å². The number of sulfonamides is 1. The van der Waals surface area contributed by atoms with Crippen molar-refractivity contribution in [2.45, 2.75) is 17.4 Å². The van der Waals surface area contributed by atoms with Gasteiger partial charge in [-0.3, -0.25) is 4.72 Å². The summed E-state index contributed by atoms with van der Waals surface area (Å²) >= 11 is 6.17. The summed E-state index contributed by atoms with van der Waals surface area (Å²) in [4.78, 5) is 1.93. The van der Waals surface area contributed by atoms with Gasteiger partial charge in [-0.15, -0.1) is 0 Å². The molecule has 1 saturated heterocycles. The van der Waals surface area contributed by atoms with Crippen LogP contribution in [0, 0.1) is 5.82 Å². The van der Waals surface area contributed by atoms with E-state index in [2.05, 4.69) is 9.62 Å². The van der Waals surface area contributed by atoms with Gasteiger partial charge in [-0.05, 0) is 43.8 Å². The molecule has 1 aliphatic rings. The Balaban J connectivity index is 1.80. The molecule has 0 amide bonds. The molecule has 2 aromatic rings. The largest absolute Gasteiger partial charge is 0.494 e. The second kappa shape index (κ2) is 7.92. The number of hydrogen-bond acceptors (Lipinski definition) is 5. The summed E-state index contributed by atoms with van der Waals surface area (Å²) in [7, 11) is -0.668. The van der Waals surface area contributed by atoms with Crippen LogP contribution < -0.4 is 14.2 Å². The number of likely N-dealkylation sites (N-methyl/N-ethyl adjacent to an activating group) is 1. The molecule has 146 valence electrons. The topological polar surface area (TPSA) is 67.9 Å². The first-order valence-corrected chi connectivity index (χ1v) is 10.2. The van der Waals surface area contributed by atoms with Gasteiger partial charge in [0, 0.05) is 19.2 Å². The molecule has 0 saturated carbocycles. The molecule has 0 aromatic heterocycles. The number of rotatable bonds is 6. The van der Waals surface area contributed by atoms with E-state index in [1.54, 1.807) is 6.07 Å². The predicted octanol–water partition coefficient (Wildman–Crippen LogP) is 3.37. The fourth-order valence-electron chi connectivity index (χ4n) is 2.86. The van der Waals surface area contributed by atoms with Crippen molar-refractivity contribution in [2.24, 2.45) is 0 Å². The molecule has 0 spiro atoms. The summed E-state index contributed by atoms with van der Waals surface area (Å²) in [6.07, 6.45) is 0.864. The molecule has 9 heteroatoms. The SMILES string of the molecule is COc1ccc(S(=O)(=O)Nc2ccc(Cl)c(O[C@@H]3CCN(C)C3)c2)cc1F. The van der Waals surface area contributed by atoms with Gasteiger partial charge in [0.05, 0.1) is 22.7 Å². The minimum absolute atomic E-state index is 0.00459. The van der Waals surface area contributed by atoms with Gasteiger partial charge in [0.1, 0.15) is 11.9 Å². The summed E-state index contributed by atoms with van der Waals surface area (Å²) in [5, 5.41) is 0.392. The number of hydrogen-bond donors (Lipinski definition) is 1. The van der Waals surface area contributed by atoms with Crippen molar-refractivity contribution < 1.29 is 22.3 Å². The van der Waals surface area contributed by atoms with Crippen LogP contribution in [0.1, 0.15) is 6.42 Å². The first-order valence-electron chi connectivity index (χ1n) is 8.29. The highest BCUT2D eigenvalue weighted by atomic mass is 35.5. The molecular formula is C18H20ClFN2O4S. The molecule has 1 N–H and O–H groups in total. The zero-order chi connectivity index (χ0) is 19.6. The lowest BCUT2D eigenvalue weighted by Crippen LogP contribution is -2.21. The van der Waals surface area contributed by atoms with Crippen molar-refractivity contribution in [1.82, 2.24) is 4.90 Å². The van der Waals surface area contributed by atoms with E-state index in [9.17, 15) is 12.8 Å². The molecule has 1 atom stereocenters. The van der Waals surface area contributed by atoms with Crippen molar-refractivity contribution in [3.8, 4) is 11.5 Å². The Bertz CT molecular complexity index is 939. The van der Waals surface area contributed by atoms with Gasteiger partial charge in [-0.2, -0.15) is 0 Å². The monoisotopic (exact) mass is 414 g/mol. The average Bonchev–Trinajstić information content (AvgIpc) is 3.02. The van der Waals surface area contributed by atoms with Gasteiger partial charge in [0.2, 0.25) is 0 Å². The lowest BCUT2D eigenvalue weighted by Gasteiger charge is -2.16. The van der Waals surface area contributed by atoms with Gasteiger partial charge in [0.25, 0.3) is 10.0 Å². The minimum atomic E-state index is -3.98. The number of anilines is 1. The van der Waals surface area contributed by atoms with Crippen LogP contribution in [0.2, 0.25) is 5.02 Å². The third-order valence-corrected chi connectivity index (χ3v) is 5.95. The molecule has 0 bridgehead atoms. The predicted molar refractivity (Wildman–Crippen MR) is 102 cm³/mol. The van der Waals surface area contributed by atoms with E-state index in [0.29, 0.717) is 10.8 Å². The van der Waals surface area contributed by atoms with Crippen molar-refractivity contribution >= 4 is 27.3 Å². The van der Waals surface area contributed by atoms with Crippen LogP contribution >= 0.6 is 11.6 Å². The Kier molecular flexibility index (Phi) is 5.78. The third kappa shape index (κ3) is 4.63. The van der Waals surface area contributed by atoms with Crippen LogP contribution in [0.4, 0.5) is 10.1 Å². The van der Waals surface area contributed by atoms with Crippen LogP contribution in [-0.4, -0.2) is 46.7 Å². The quantitative estimate of drug-likeness (QED) is 0.784. The zero-order valence-corrected chi connectivity index (χ0v) is 16.5. The van der Waals surface area contributed by atoms with E-state index in [1.165, 1.54) is 31.4 Å². The normalized spacial score (nSPS) is 17.7. The third-order valence-electron chi connectivity index (χ3n) is 4.26. The maximum absolute atomic E-state index is 13.8. The lowest BCUT2D eigenvalue weighted by atomic mass is 10.3. The van der Waals surface area contributed by atoms with Gasteiger partial charge >= 0.3 is 0 Å². The highest BCUT2D eigenvalue weighted by Crippen LogP contribution is 2.31. The first-order chi connectivity index (χ1) is 12.8. The molecule has 0 radical (unpaired) electrons. The molecule has 6 nitrogen and oxygen atoms in total. The molecule has 1 heterocycles. The minimum Gasteiger partial charge on any atom is -0.494 e. The zero-order valence-electron chi connectivity index (χ0n) is 14.9. The molecule has 0 aliphatic carbocycles. The van der Waals surface area contributed by atoms with Crippen molar-refractivity contribution in [2.75, 3.05) is 32.0 Å². The number of benzene rings is 2. The molecule has 2 aromatic carbocycles. The maximum Gasteiger partial charge on any atom is 0.262 e. The van der Waals surface area contributed by atoms with Gasteiger partial charge in [-0.1, -0.05) is 11.6 Å². The van der Waals surface area contributed by atoms with Crippen LogP contribution in [-0.2, 0) is 10.0 Å². The van der Waals surface area contributed by atoms with Crippen LogP contribution in [0.25, 0.3) is 0 Å². The second-order valence-electron chi connectivity index (χ2n) is 6.34. The van der Waals surface area contributed by atoms with Crippen molar-refractivity contribution in [1.29, 1.82) is 0 Å². The number of methoxy groups -OCH3 is 1. The summed E-state index contributed by atoms with van der Waals surface area (Å²) < 4.78 is 52.0. The molecular weight excluding hydrogens is 395 g/mol. The van der Waals surface area contributed by atoms with E-state index in [-0.39, 0.29) is 22.4 Å². The summed E-state index contributed by atoms with van der Waals surface area (Å²) in [6.45, 7) is 1.70. The number of halogens is 2. The Labute approximate surface area is 162 Å². The van der Waals surface area contributed by atoms with Crippen molar-refractivity contribution in [3.63, 3.8) is 0 Å². The first kappa shape index (κ1) is 19.7. The van der Waals surface area contributed by atoms with Gasteiger partial charge in [-0.25, -0.2) is 12.8 Å². The van der Waals surface area contributed by atoms with Gasteiger partial charge < -0.3 is 14.4 Å². The van der Waals surface area contributed by atoms with Gasteiger partial charge in [0.15, 0.2) is 11.6 Å². The Morgan fingerprint density at radius 1 is 1.22 bits per heavy atom. The number of ether oxygens (including phenoxy) is 2. The average molecular weight is 415 g/mol. The second-order valence-corrected chi connectivity index (χ2v) is 8.43. The highest BCUT2D eigenvalue weighted by molar-refractivity contribution is 7.92. The summed E-state index contributed by atoms with van der Waals surface area (Å²) in [5.74, 6) is -0.387. The van der Waals surface area contributed by atoms with Crippen molar-refractivity contribution in [3.05, 3.63) is 47.2 Å². The van der Waals surface area contributed by atoms with Crippen LogP contribution in [0.5, 0.6) is 11.5 Å². The molecule has 1 fully saturated rings. The van der Waals surface area contributed by atoms with Crippen LogP contribution in [0.3, 0.4) is 0 Å². The fourth-order valence-corrected chi connectivity index (χ4v) is 4.08. The summed E-state index contributed by atoms with van der Waals surface area (Å²) in [6, 6.07) is 8.04. The number of nitrogens with zero attached hydrogens (tertiary/aromatic N) is 1. The number of nitrogens with one attached hydrogen (secondary N) is 1. The Morgan fingerprint density at radius 3 is 2.63 bits per heavy atom. The van der Waals surface area contributed by atoms with E-state index in [0.717, 1.165) is 25.6 Å². The summed E-state index contributed by atoms with van der Waals surface area (Å²) in [5.41, 5.74) is 0.275. The van der Waals surface area contributed by atoms with E-state index >= 15 is 0 Å². The Hall–Kier alpha value is -2.03. The smallest absolute Gasteiger partial charge is 0.262 e. The molecule has 3 rings (SSSR count). The molecule has 27 heavy (non-hydrogen) atoms. The number of likely N-dealkylation sites (tertiary alicyclic amines) is 1. The van der Waals surface area contributed by atoms with Crippen LogP contribution in [0.15, 0.2) is 41.3 Å². The molecule has 0 unspecified atom stereocenters. The highest BCUT2D eigenvalue weighted by Gasteiger charge is 2.22. The molecule has 1 aliphatic heterocycles. The lowest BCUT2D eigenvalue weighted by molar-refractivity contribution is 0.208. The van der Waals surface area contributed by atoms with E-state index in [1.807, 2.05) is 7.05 Å². The van der Waals surface area contributed by atoms with E-state index < -0.39 is 15.8 Å². The Morgan fingerprint density at radius 2 is 2.00 bits per heavy atom. The standard InChI is InChI=1S/C18H20ClFN2O4S/c1-22-8-7-13(11-22)26-18-9-12(3-5-15(18)19)21-27(23,24)14-4-6-17(25-2)16(20)10-14/h3-6,9-10,13,21H,7-8,11H2,1-2H3/t13-/m1/s1. The fraction of sp³-hybridized carbons (Fsp3) is 0.333. The maximum atomic E-state index is 13.8.